The van der Waals surface area contributed by atoms with Crippen LogP contribution in [0.2, 0.25) is 0 Å². The highest BCUT2D eigenvalue weighted by Crippen LogP contribution is 2.30. The van der Waals surface area contributed by atoms with Gasteiger partial charge in [-0.1, -0.05) is 12.8 Å². The van der Waals surface area contributed by atoms with E-state index in [-0.39, 0.29) is 11.8 Å². The van der Waals surface area contributed by atoms with E-state index >= 15 is 0 Å². The van der Waals surface area contributed by atoms with Crippen molar-refractivity contribution in [3.63, 3.8) is 0 Å². The van der Waals surface area contributed by atoms with E-state index in [1.54, 1.807) is 18.4 Å². The fourth-order valence-corrected chi connectivity index (χ4v) is 3.79. The molecule has 1 aliphatic carbocycles. The van der Waals surface area contributed by atoms with Gasteiger partial charge in [0.1, 0.15) is 5.54 Å². The van der Waals surface area contributed by atoms with E-state index in [0.717, 1.165) is 22.9 Å². The number of hydrogen-bond donors (Lipinski definition) is 2. The summed E-state index contributed by atoms with van der Waals surface area (Å²) in [5.41, 5.74) is -0.133. The van der Waals surface area contributed by atoms with Crippen LogP contribution < -0.4 is 10.6 Å². The molecule has 0 radical (unpaired) electrons. The first-order valence-electron chi connectivity index (χ1n) is 7.17. The number of fused-ring (bicyclic) bond motifs is 1. The van der Waals surface area contributed by atoms with E-state index in [2.05, 4.69) is 10.6 Å². The molecule has 1 aliphatic rings. The summed E-state index contributed by atoms with van der Waals surface area (Å²) in [6, 6.07) is 7.66. The molecule has 0 spiro atoms. The summed E-state index contributed by atoms with van der Waals surface area (Å²) in [4.78, 5) is 24.7. The van der Waals surface area contributed by atoms with Crippen LogP contribution in [-0.2, 0) is 4.79 Å². The molecule has 1 saturated carbocycles. The van der Waals surface area contributed by atoms with Gasteiger partial charge in [0.05, 0.1) is 0 Å². The van der Waals surface area contributed by atoms with Gasteiger partial charge in [0.2, 0.25) is 5.91 Å². The van der Waals surface area contributed by atoms with Crippen molar-refractivity contribution in [2.75, 3.05) is 7.05 Å². The highest BCUT2D eigenvalue weighted by molar-refractivity contribution is 7.17. The lowest BCUT2D eigenvalue weighted by molar-refractivity contribution is -0.126. The zero-order valence-electron chi connectivity index (χ0n) is 11.9. The molecule has 3 rings (SSSR count). The molecule has 0 atom stereocenters. The van der Waals surface area contributed by atoms with Crippen molar-refractivity contribution >= 4 is 33.2 Å². The largest absolute Gasteiger partial charge is 0.357 e. The lowest BCUT2D eigenvalue weighted by Crippen LogP contribution is -2.56. The Kier molecular flexibility index (Phi) is 3.68. The smallest absolute Gasteiger partial charge is 0.252 e. The summed E-state index contributed by atoms with van der Waals surface area (Å²) < 4.78 is 1.16. The molecule has 1 fully saturated rings. The van der Waals surface area contributed by atoms with Gasteiger partial charge in [0.25, 0.3) is 5.91 Å². The molecular formula is C16H18N2O2S. The van der Waals surface area contributed by atoms with Crippen LogP contribution in [0.4, 0.5) is 0 Å². The molecule has 5 heteroatoms. The quantitative estimate of drug-likeness (QED) is 0.916. The van der Waals surface area contributed by atoms with E-state index in [0.29, 0.717) is 18.4 Å². The molecular weight excluding hydrogens is 284 g/mol. The third-order valence-electron chi connectivity index (χ3n) is 4.19. The second-order valence-corrected chi connectivity index (χ2v) is 6.44. The van der Waals surface area contributed by atoms with Gasteiger partial charge in [0.15, 0.2) is 0 Å². The molecule has 110 valence electrons. The Morgan fingerprint density at radius 2 is 1.95 bits per heavy atom. The Morgan fingerprint density at radius 3 is 2.67 bits per heavy atom. The fourth-order valence-electron chi connectivity index (χ4n) is 3.02. The highest BCUT2D eigenvalue weighted by atomic mass is 32.1. The van der Waals surface area contributed by atoms with Crippen molar-refractivity contribution in [2.45, 2.75) is 31.2 Å². The van der Waals surface area contributed by atoms with E-state index in [1.807, 2.05) is 29.6 Å². The predicted octanol–water partition coefficient (Wildman–Crippen LogP) is 2.69. The van der Waals surface area contributed by atoms with E-state index in [9.17, 15) is 9.59 Å². The molecule has 0 saturated heterocycles. The summed E-state index contributed by atoms with van der Waals surface area (Å²) >= 11 is 1.65. The minimum atomic E-state index is -0.741. The first-order valence-corrected chi connectivity index (χ1v) is 8.04. The lowest BCUT2D eigenvalue weighted by atomic mass is 9.95. The van der Waals surface area contributed by atoms with Crippen molar-refractivity contribution in [1.82, 2.24) is 10.6 Å². The van der Waals surface area contributed by atoms with Gasteiger partial charge >= 0.3 is 0 Å². The average molecular weight is 302 g/mol. The molecule has 0 aliphatic heterocycles. The van der Waals surface area contributed by atoms with Gasteiger partial charge in [-0.05, 0) is 47.9 Å². The van der Waals surface area contributed by atoms with Crippen LogP contribution in [0.15, 0.2) is 29.6 Å². The number of hydrogen-bond acceptors (Lipinski definition) is 3. The number of nitrogens with one attached hydrogen (secondary N) is 2. The van der Waals surface area contributed by atoms with Gasteiger partial charge < -0.3 is 10.6 Å². The predicted molar refractivity (Wildman–Crippen MR) is 84.6 cm³/mol. The Hall–Kier alpha value is -1.88. The molecule has 1 aromatic carbocycles. The average Bonchev–Trinajstić information content (AvgIpc) is 3.14. The molecule has 2 N–H and O–H groups in total. The van der Waals surface area contributed by atoms with E-state index < -0.39 is 5.54 Å². The minimum absolute atomic E-state index is 0.0926. The number of likely N-dealkylation sites (N-methyl/N-ethyl adjacent to an activating group) is 1. The molecule has 0 unspecified atom stereocenters. The summed E-state index contributed by atoms with van der Waals surface area (Å²) in [5, 5.41) is 8.72. The van der Waals surface area contributed by atoms with Crippen LogP contribution in [0.25, 0.3) is 10.1 Å². The second kappa shape index (κ2) is 5.48. The normalized spacial score (nSPS) is 16.8. The Balaban J connectivity index is 1.85. The third-order valence-corrected chi connectivity index (χ3v) is 5.08. The van der Waals surface area contributed by atoms with Crippen molar-refractivity contribution in [2.24, 2.45) is 0 Å². The molecule has 1 aromatic heterocycles. The SMILES string of the molecule is CNC(=O)C1(NC(=O)c2ccc3sccc3c2)CCCC1. The topological polar surface area (TPSA) is 58.2 Å². The first-order chi connectivity index (χ1) is 10.1. The number of benzene rings is 1. The molecule has 2 aromatic rings. The second-order valence-electron chi connectivity index (χ2n) is 5.50. The fraction of sp³-hybridized carbons (Fsp3) is 0.375. The maximum atomic E-state index is 12.5. The Bertz CT molecular complexity index is 686. The summed E-state index contributed by atoms with van der Waals surface area (Å²) in [5.74, 6) is -0.265. The molecule has 21 heavy (non-hydrogen) atoms. The first kappa shape index (κ1) is 14.1. The lowest BCUT2D eigenvalue weighted by Gasteiger charge is -2.28. The van der Waals surface area contributed by atoms with Crippen LogP contribution in [0.1, 0.15) is 36.0 Å². The number of amides is 2. The number of thiophene rings is 1. The van der Waals surface area contributed by atoms with Crippen molar-refractivity contribution in [1.29, 1.82) is 0 Å². The van der Waals surface area contributed by atoms with Crippen molar-refractivity contribution in [3.8, 4) is 0 Å². The van der Waals surface area contributed by atoms with Gasteiger partial charge in [-0.15, -0.1) is 11.3 Å². The zero-order chi connectivity index (χ0) is 14.9. The zero-order valence-corrected chi connectivity index (χ0v) is 12.8. The highest BCUT2D eigenvalue weighted by Gasteiger charge is 2.41. The Morgan fingerprint density at radius 1 is 1.19 bits per heavy atom. The van der Waals surface area contributed by atoms with E-state index in [4.69, 9.17) is 0 Å². The van der Waals surface area contributed by atoms with Gasteiger partial charge in [-0.2, -0.15) is 0 Å². The molecule has 4 nitrogen and oxygen atoms in total. The summed E-state index contributed by atoms with van der Waals surface area (Å²) in [6.45, 7) is 0. The van der Waals surface area contributed by atoms with Gasteiger partial charge in [-0.3, -0.25) is 9.59 Å². The summed E-state index contributed by atoms with van der Waals surface area (Å²) in [6.07, 6.45) is 3.35. The molecule has 1 heterocycles. The number of carbonyl (C=O) groups is 2. The maximum absolute atomic E-state index is 12.5. The van der Waals surface area contributed by atoms with Gasteiger partial charge in [0, 0.05) is 17.3 Å². The van der Waals surface area contributed by atoms with Gasteiger partial charge in [-0.25, -0.2) is 0 Å². The standard InChI is InChI=1S/C16H18N2O2S/c1-17-15(20)16(7-2-3-8-16)18-14(19)12-4-5-13-11(10-12)6-9-21-13/h4-6,9-10H,2-3,7-8H2,1H3,(H,17,20)(H,18,19). The van der Waals surface area contributed by atoms with Crippen molar-refractivity contribution in [3.05, 3.63) is 35.2 Å². The van der Waals surface area contributed by atoms with Crippen LogP contribution >= 0.6 is 11.3 Å². The van der Waals surface area contributed by atoms with Crippen LogP contribution in [-0.4, -0.2) is 24.4 Å². The van der Waals surface area contributed by atoms with Crippen LogP contribution in [0.5, 0.6) is 0 Å². The van der Waals surface area contributed by atoms with Crippen LogP contribution in [0, 0.1) is 0 Å². The van der Waals surface area contributed by atoms with E-state index in [1.165, 1.54) is 0 Å². The number of carbonyl (C=O) groups excluding carboxylic acids is 2. The van der Waals surface area contributed by atoms with Crippen molar-refractivity contribution < 1.29 is 9.59 Å². The van der Waals surface area contributed by atoms with Crippen LogP contribution in [0.3, 0.4) is 0 Å². The minimum Gasteiger partial charge on any atom is -0.357 e. The summed E-state index contributed by atoms with van der Waals surface area (Å²) in [7, 11) is 1.62. The Labute approximate surface area is 127 Å². The molecule has 2 amide bonds. The maximum Gasteiger partial charge on any atom is 0.252 e. The third kappa shape index (κ3) is 2.53. The number of rotatable bonds is 3. The molecule has 0 bridgehead atoms. The monoisotopic (exact) mass is 302 g/mol.